The molecule has 0 saturated heterocycles. The number of amidine groups is 1. The van der Waals surface area contributed by atoms with Crippen LogP contribution in [0.2, 0.25) is 0 Å². The number of quaternary nitrogens is 1. The number of benzene rings is 3. The van der Waals surface area contributed by atoms with E-state index in [1.54, 1.807) is 18.2 Å². The Labute approximate surface area is 275 Å². The number of hydrogen-bond acceptors (Lipinski definition) is 14. The number of methoxy groups -OCH3 is 2. The summed E-state index contributed by atoms with van der Waals surface area (Å²) in [5, 5.41) is 30.2. The third kappa shape index (κ3) is 7.29. The molecule has 0 saturated carbocycles. The first-order chi connectivity index (χ1) is 20.6. The molecule has 1 aliphatic heterocycles. The van der Waals surface area contributed by atoms with Gasteiger partial charge in [-0.2, -0.15) is 16.8 Å². The van der Waals surface area contributed by atoms with Crippen molar-refractivity contribution in [3.63, 3.8) is 0 Å². The van der Waals surface area contributed by atoms with Crippen molar-refractivity contribution >= 4 is 60.4 Å². The van der Waals surface area contributed by atoms with Gasteiger partial charge in [-0.3, -0.25) is 34.1 Å². The van der Waals surface area contributed by atoms with E-state index in [4.69, 9.17) is 9.47 Å². The van der Waals surface area contributed by atoms with E-state index in [0.29, 0.717) is 30.0 Å². The second-order valence-corrected chi connectivity index (χ2v) is 11.3. The number of carbonyl (C=O) groups excluding carboxylic acids is 1. The summed E-state index contributed by atoms with van der Waals surface area (Å²) in [5.74, 6) is -2.24. The van der Waals surface area contributed by atoms with E-state index in [0.717, 1.165) is 19.3 Å². The van der Waals surface area contributed by atoms with Crippen molar-refractivity contribution in [1.29, 1.82) is 0 Å². The quantitative estimate of drug-likeness (QED) is 0.0638. The molecule has 0 bridgehead atoms. The summed E-state index contributed by atoms with van der Waals surface area (Å²) in [6.07, 6.45) is 0. The molecule has 1 atom stereocenters. The van der Waals surface area contributed by atoms with Crippen LogP contribution in [0.15, 0.2) is 69.5 Å². The molecule has 20 nitrogen and oxygen atoms in total. The molecule has 0 fully saturated rings. The number of hydrogen-bond donors (Lipinski definition) is 5. The first kappa shape index (κ1) is 35.1. The zero-order chi connectivity index (χ0) is 32.6. The molecule has 3 aromatic rings. The van der Waals surface area contributed by atoms with Gasteiger partial charge in [-0.25, -0.2) is 5.43 Å². The number of nitro groups is 2. The van der Waals surface area contributed by atoms with Crippen molar-refractivity contribution in [1.82, 2.24) is 5.43 Å². The van der Waals surface area contributed by atoms with Gasteiger partial charge >= 0.3 is 49.8 Å². The van der Waals surface area contributed by atoms with Crippen LogP contribution in [0, 0.1) is 20.2 Å². The Hall–Kier alpha value is -4.42. The Morgan fingerprint density at radius 1 is 0.911 bits per heavy atom. The Bertz CT molecular complexity index is 1940. The van der Waals surface area contributed by atoms with E-state index in [1.165, 1.54) is 12.1 Å². The van der Waals surface area contributed by atoms with Gasteiger partial charge < -0.3 is 14.8 Å². The van der Waals surface area contributed by atoms with Crippen molar-refractivity contribution in [2.45, 2.75) is 9.79 Å². The molecule has 0 aliphatic carbocycles. The summed E-state index contributed by atoms with van der Waals surface area (Å²) in [5.41, 5.74) is -0.165. The number of rotatable bonds is 10. The first-order valence-corrected chi connectivity index (χ1v) is 14.5. The topological polar surface area (TPSA) is 275 Å². The zero-order valence-electron chi connectivity index (χ0n) is 23.2. The fourth-order valence-corrected chi connectivity index (χ4v) is 5.30. The standard InChI is InChI=1S/C22H19N7O13S2.Na/c1-41-17-8-15(28(31)32)19(43(35,36)37)10-13(17)26-24-21(22(30)23-12-6-4-3-5-7-12)25-27(26)14-11-20(44(38,39)40)16(29(33)34)9-18(14)42-2;/h3-11H,1-2H3,(H,23,30)(H,24,25)(H,35,36,37)(H,38,39,40);/q;+1/p+1. The Kier molecular flexibility index (Phi) is 10.4. The van der Waals surface area contributed by atoms with Crippen molar-refractivity contribution in [2.75, 3.05) is 24.7 Å². The minimum atomic E-state index is -5.25. The van der Waals surface area contributed by atoms with Gasteiger partial charge in [0.1, 0.15) is 0 Å². The third-order valence-corrected chi connectivity index (χ3v) is 7.63. The number of amides is 1. The van der Waals surface area contributed by atoms with Crippen molar-refractivity contribution in [2.24, 2.45) is 5.10 Å². The zero-order valence-corrected chi connectivity index (χ0v) is 26.8. The van der Waals surface area contributed by atoms with Crippen LogP contribution < -0.4 is 60.0 Å². The molecule has 0 aromatic heterocycles. The van der Waals surface area contributed by atoms with Crippen molar-refractivity contribution in [3.8, 4) is 11.5 Å². The van der Waals surface area contributed by atoms with Crippen LogP contribution >= 0.6 is 0 Å². The van der Waals surface area contributed by atoms with Crippen LogP contribution in [0.1, 0.15) is 0 Å². The summed E-state index contributed by atoms with van der Waals surface area (Å²) >= 11 is 0. The van der Waals surface area contributed by atoms with Gasteiger partial charge in [-0.05, 0) is 17.2 Å². The monoisotopic (exact) mass is 677 g/mol. The first-order valence-electron chi connectivity index (χ1n) is 11.6. The maximum absolute atomic E-state index is 13.2. The Morgan fingerprint density at radius 3 is 1.91 bits per heavy atom. The maximum atomic E-state index is 13.2. The molecule has 0 spiro atoms. The minimum absolute atomic E-state index is 0. The number of carbonyl (C=O) groups is 1. The molecule has 1 aliphatic rings. The van der Waals surface area contributed by atoms with E-state index >= 15 is 0 Å². The normalized spacial score (nSPS) is 14.4. The molecular weight excluding hydrogens is 657 g/mol. The average molecular weight is 678 g/mol. The number of para-hydroxylation sites is 1. The summed E-state index contributed by atoms with van der Waals surface area (Å²) in [4.78, 5) is 31.7. The van der Waals surface area contributed by atoms with Crippen LogP contribution in [0.25, 0.3) is 0 Å². The molecule has 232 valence electrons. The van der Waals surface area contributed by atoms with Crippen LogP contribution in [0.4, 0.5) is 28.4 Å². The van der Waals surface area contributed by atoms with Gasteiger partial charge in [-0.15, -0.1) is 0 Å². The molecule has 1 amide bonds. The van der Waals surface area contributed by atoms with Crippen molar-refractivity contribution < 1.29 is 84.7 Å². The molecule has 45 heavy (non-hydrogen) atoms. The van der Waals surface area contributed by atoms with E-state index < -0.39 is 91.0 Å². The smallest absolute Gasteiger partial charge is 0.494 e. The van der Waals surface area contributed by atoms with E-state index in [9.17, 15) is 51.0 Å². The SMILES string of the molecule is COc1cc([N+](=O)[O-])c(S(=O)(=O)O)cc1N1NC(C(=O)Nc2ccccc2)=N[NH+]1c1cc(S(=O)(=O)O)c([N+](=O)[O-])cc1OC.[Na+]. The summed E-state index contributed by atoms with van der Waals surface area (Å²) in [6, 6.07) is 10.5. The van der Waals surface area contributed by atoms with Gasteiger partial charge in [0.2, 0.25) is 5.69 Å². The van der Waals surface area contributed by atoms with E-state index in [-0.39, 0.29) is 29.6 Å². The molecule has 1 heterocycles. The average Bonchev–Trinajstić information content (AvgIpc) is 3.40. The van der Waals surface area contributed by atoms with Crippen LogP contribution in [0.3, 0.4) is 0 Å². The minimum Gasteiger partial charge on any atom is -0.494 e. The Morgan fingerprint density at radius 2 is 1.42 bits per heavy atom. The van der Waals surface area contributed by atoms with E-state index in [2.05, 4.69) is 15.8 Å². The summed E-state index contributed by atoms with van der Waals surface area (Å²) in [7, 11) is -8.40. The number of nitrogens with zero attached hydrogens (tertiary/aromatic N) is 4. The molecule has 5 N–H and O–H groups in total. The second-order valence-electron chi connectivity index (χ2n) is 8.53. The second kappa shape index (κ2) is 13.3. The fraction of sp³-hybridized carbons (Fsp3) is 0.0909. The number of nitrogens with one attached hydrogen (secondary N) is 3. The van der Waals surface area contributed by atoms with Gasteiger partial charge in [0.05, 0.1) is 36.2 Å². The summed E-state index contributed by atoms with van der Waals surface area (Å²) in [6.45, 7) is 0. The Balaban J connectivity index is 0.00000552. The molecule has 1 unspecified atom stereocenters. The maximum Gasteiger partial charge on any atom is 1.00 e. The van der Waals surface area contributed by atoms with Crippen LogP contribution in [-0.2, 0) is 25.0 Å². The van der Waals surface area contributed by atoms with Gasteiger partial charge in [-0.1, -0.05) is 28.4 Å². The van der Waals surface area contributed by atoms with E-state index in [1.807, 2.05) is 0 Å². The molecular formula is C22H20N7NaO13S2+2. The fourth-order valence-electron chi connectivity index (χ4n) is 3.98. The predicted molar refractivity (Wildman–Crippen MR) is 148 cm³/mol. The van der Waals surface area contributed by atoms with Gasteiger partial charge in [0.15, 0.2) is 27.0 Å². The largest absolute Gasteiger partial charge is 1.00 e. The number of hydrazine groups is 1. The van der Waals surface area contributed by atoms with Gasteiger partial charge in [0, 0.05) is 17.8 Å². The number of nitro benzene ring substituents is 2. The predicted octanol–water partition coefficient (Wildman–Crippen LogP) is -2.57. The van der Waals surface area contributed by atoms with Crippen molar-refractivity contribution in [3.05, 3.63) is 74.8 Å². The third-order valence-electron chi connectivity index (χ3n) is 5.87. The van der Waals surface area contributed by atoms with Crippen LogP contribution in [0.5, 0.6) is 11.5 Å². The molecule has 0 radical (unpaired) electrons. The molecule has 23 heteroatoms. The summed E-state index contributed by atoms with van der Waals surface area (Å²) < 4.78 is 78.3. The molecule has 4 rings (SSSR count). The molecule has 3 aromatic carbocycles. The van der Waals surface area contributed by atoms with Crippen LogP contribution in [-0.4, -0.2) is 61.8 Å². The number of anilines is 2. The van der Waals surface area contributed by atoms with Gasteiger partial charge in [0.25, 0.3) is 23.1 Å². The number of ether oxygens (including phenoxy) is 2.